The summed E-state index contributed by atoms with van der Waals surface area (Å²) in [6.07, 6.45) is 6.90. The van der Waals surface area contributed by atoms with Crippen molar-refractivity contribution in [2.24, 2.45) is 5.92 Å². The van der Waals surface area contributed by atoms with Crippen molar-refractivity contribution in [1.29, 1.82) is 0 Å². The third kappa shape index (κ3) is 3.22. The number of aromatic nitrogens is 3. The largest absolute Gasteiger partial charge is 0.355 e. The Balaban J connectivity index is 1.86. The van der Waals surface area contributed by atoms with E-state index in [-0.39, 0.29) is 0 Å². The maximum Gasteiger partial charge on any atom is 0.147 e. The summed E-state index contributed by atoms with van der Waals surface area (Å²) in [6, 6.07) is 0. The van der Waals surface area contributed by atoms with Crippen LogP contribution in [0.25, 0.3) is 0 Å². The second kappa shape index (κ2) is 6.73. The molecule has 1 fully saturated rings. The lowest BCUT2D eigenvalue weighted by atomic mass is 9.93. The topological polar surface area (TPSA) is 46.0 Å². The predicted molar refractivity (Wildman–Crippen MR) is 73.8 cm³/mol. The first-order valence-corrected chi connectivity index (χ1v) is 7.13. The molecule has 0 unspecified atom stereocenters. The van der Waals surface area contributed by atoms with E-state index in [9.17, 15) is 0 Å². The number of rotatable bonds is 6. The summed E-state index contributed by atoms with van der Waals surface area (Å²) < 4.78 is 2.04. The van der Waals surface area contributed by atoms with Gasteiger partial charge in [0.2, 0.25) is 0 Å². The van der Waals surface area contributed by atoms with Crippen LogP contribution < -0.4 is 10.2 Å². The van der Waals surface area contributed by atoms with Gasteiger partial charge in [0, 0.05) is 19.6 Å². The number of piperidine rings is 1. The van der Waals surface area contributed by atoms with Crippen LogP contribution in [0.3, 0.4) is 0 Å². The fraction of sp³-hybridized carbons (Fsp3) is 0.846. The Kier molecular flexibility index (Phi) is 4.99. The number of hydrogen-bond donors (Lipinski definition) is 1. The van der Waals surface area contributed by atoms with Crippen molar-refractivity contribution in [1.82, 2.24) is 20.3 Å². The van der Waals surface area contributed by atoms with E-state index in [4.69, 9.17) is 0 Å². The van der Waals surface area contributed by atoms with Crippen molar-refractivity contribution < 1.29 is 0 Å². The van der Waals surface area contributed by atoms with Gasteiger partial charge in [0.1, 0.15) is 5.82 Å². The molecule has 1 aliphatic heterocycles. The Morgan fingerprint density at radius 3 is 2.83 bits per heavy atom. The summed E-state index contributed by atoms with van der Waals surface area (Å²) in [7, 11) is 2.03. The Morgan fingerprint density at radius 1 is 1.39 bits per heavy atom. The minimum Gasteiger partial charge on any atom is -0.355 e. The van der Waals surface area contributed by atoms with Crippen LogP contribution in [0.15, 0.2) is 6.20 Å². The van der Waals surface area contributed by atoms with E-state index in [0.29, 0.717) is 0 Å². The second-order valence-electron chi connectivity index (χ2n) is 5.14. The normalized spacial score (nSPS) is 17.3. The van der Waals surface area contributed by atoms with Gasteiger partial charge in [-0.2, -0.15) is 0 Å². The van der Waals surface area contributed by atoms with Crippen LogP contribution in [0.5, 0.6) is 0 Å². The zero-order valence-electron chi connectivity index (χ0n) is 11.6. The van der Waals surface area contributed by atoms with Crippen LogP contribution in [0.1, 0.15) is 32.6 Å². The highest BCUT2D eigenvalue weighted by molar-refractivity contribution is 5.36. The fourth-order valence-electron chi connectivity index (χ4n) is 2.67. The SMILES string of the molecule is CCCn1nncc1N1CCC(CCNC)CC1. The van der Waals surface area contributed by atoms with E-state index in [1.54, 1.807) is 0 Å². The Bertz CT molecular complexity index is 341. The van der Waals surface area contributed by atoms with E-state index < -0.39 is 0 Å². The van der Waals surface area contributed by atoms with Gasteiger partial charge in [0.25, 0.3) is 0 Å². The van der Waals surface area contributed by atoms with Gasteiger partial charge >= 0.3 is 0 Å². The molecular weight excluding hydrogens is 226 g/mol. The molecule has 5 nitrogen and oxygen atoms in total. The third-order valence-electron chi connectivity index (χ3n) is 3.77. The Morgan fingerprint density at radius 2 is 2.17 bits per heavy atom. The van der Waals surface area contributed by atoms with Crippen LogP contribution in [0.2, 0.25) is 0 Å². The van der Waals surface area contributed by atoms with Gasteiger partial charge in [-0.3, -0.25) is 0 Å². The van der Waals surface area contributed by atoms with Gasteiger partial charge in [0.05, 0.1) is 6.20 Å². The summed E-state index contributed by atoms with van der Waals surface area (Å²) in [4.78, 5) is 2.44. The number of nitrogens with zero attached hydrogens (tertiary/aromatic N) is 4. The number of anilines is 1. The molecule has 18 heavy (non-hydrogen) atoms. The Labute approximate surface area is 110 Å². The molecule has 1 aromatic heterocycles. The number of nitrogens with one attached hydrogen (secondary N) is 1. The van der Waals surface area contributed by atoms with Crippen LogP contribution in [0.4, 0.5) is 5.82 Å². The van der Waals surface area contributed by atoms with E-state index in [1.807, 2.05) is 17.9 Å². The lowest BCUT2D eigenvalue weighted by molar-refractivity contribution is 0.374. The molecule has 1 aromatic rings. The molecule has 2 heterocycles. The summed E-state index contributed by atoms with van der Waals surface area (Å²) in [6.45, 7) is 6.57. The first kappa shape index (κ1) is 13.3. The molecule has 1 aliphatic rings. The van der Waals surface area contributed by atoms with E-state index in [1.165, 1.54) is 25.1 Å². The maximum absolute atomic E-state index is 4.16. The highest BCUT2D eigenvalue weighted by Gasteiger charge is 2.21. The quantitative estimate of drug-likeness (QED) is 0.832. The minimum absolute atomic E-state index is 0.879. The summed E-state index contributed by atoms with van der Waals surface area (Å²) in [5, 5.41) is 11.5. The van der Waals surface area contributed by atoms with E-state index in [0.717, 1.165) is 38.5 Å². The van der Waals surface area contributed by atoms with Crippen LogP contribution in [0, 0.1) is 5.92 Å². The van der Waals surface area contributed by atoms with Gasteiger partial charge in [-0.15, -0.1) is 5.10 Å². The molecule has 0 amide bonds. The van der Waals surface area contributed by atoms with Gasteiger partial charge in [0.15, 0.2) is 0 Å². The first-order chi connectivity index (χ1) is 8.85. The smallest absolute Gasteiger partial charge is 0.147 e. The lowest BCUT2D eigenvalue weighted by Crippen LogP contribution is -2.35. The molecule has 102 valence electrons. The van der Waals surface area contributed by atoms with Gasteiger partial charge in [-0.1, -0.05) is 12.1 Å². The molecule has 0 aromatic carbocycles. The Hall–Kier alpha value is -1.10. The number of aryl methyl sites for hydroxylation is 1. The van der Waals surface area contributed by atoms with Crippen molar-refractivity contribution >= 4 is 5.82 Å². The molecule has 5 heteroatoms. The van der Waals surface area contributed by atoms with Gasteiger partial charge in [-0.05, 0) is 45.2 Å². The first-order valence-electron chi connectivity index (χ1n) is 7.13. The van der Waals surface area contributed by atoms with Crippen molar-refractivity contribution in [2.75, 3.05) is 31.6 Å². The van der Waals surface area contributed by atoms with Gasteiger partial charge < -0.3 is 10.2 Å². The maximum atomic E-state index is 4.16. The minimum atomic E-state index is 0.879. The van der Waals surface area contributed by atoms with E-state index in [2.05, 4.69) is 27.5 Å². The lowest BCUT2D eigenvalue weighted by Gasteiger charge is -2.33. The van der Waals surface area contributed by atoms with Crippen molar-refractivity contribution in [3.8, 4) is 0 Å². The monoisotopic (exact) mass is 251 g/mol. The van der Waals surface area contributed by atoms with Gasteiger partial charge in [-0.25, -0.2) is 4.68 Å². The fourth-order valence-corrected chi connectivity index (χ4v) is 2.67. The molecule has 1 saturated heterocycles. The molecule has 0 radical (unpaired) electrons. The molecule has 1 N–H and O–H groups in total. The number of hydrogen-bond acceptors (Lipinski definition) is 4. The molecular formula is C13H25N5. The van der Waals surface area contributed by atoms with Crippen molar-refractivity contribution in [3.63, 3.8) is 0 Å². The molecule has 0 saturated carbocycles. The molecule has 0 bridgehead atoms. The molecule has 0 atom stereocenters. The second-order valence-corrected chi connectivity index (χ2v) is 5.14. The van der Waals surface area contributed by atoms with E-state index >= 15 is 0 Å². The van der Waals surface area contributed by atoms with Crippen LogP contribution in [-0.4, -0.2) is 41.7 Å². The highest BCUT2D eigenvalue weighted by atomic mass is 15.5. The summed E-state index contributed by atoms with van der Waals surface area (Å²) in [5.41, 5.74) is 0. The predicted octanol–water partition coefficient (Wildman–Crippen LogP) is 1.51. The average Bonchev–Trinajstić information content (AvgIpc) is 2.86. The third-order valence-corrected chi connectivity index (χ3v) is 3.77. The zero-order valence-corrected chi connectivity index (χ0v) is 11.6. The standard InChI is InChI=1S/C13H25N5/c1-3-8-18-13(11-15-16-18)17-9-5-12(6-10-17)4-7-14-2/h11-12,14H,3-10H2,1-2H3. The van der Waals surface area contributed by atoms with Crippen molar-refractivity contribution in [3.05, 3.63) is 6.20 Å². The summed E-state index contributed by atoms with van der Waals surface area (Å²) >= 11 is 0. The molecule has 0 aliphatic carbocycles. The van der Waals surface area contributed by atoms with Crippen LogP contribution >= 0.6 is 0 Å². The van der Waals surface area contributed by atoms with Crippen molar-refractivity contribution in [2.45, 2.75) is 39.2 Å². The average molecular weight is 251 g/mol. The highest BCUT2D eigenvalue weighted by Crippen LogP contribution is 2.24. The molecule has 0 spiro atoms. The molecule has 2 rings (SSSR count). The summed E-state index contributed by atoms with van der Waals surface area (Å²) in [5.74, 6) is 2.08. The van der Waals surface area contributed by atoms with Crippen LogP contribution in [-0.2, 0) is 6.54 Å². The zero-order chi connectivity index (χ0) is 12.8.